The summed E-state index contributed by atoms with van der Waals surface area (Å²) in [5, 5.41) is 8.40. The molecule has 0 amide bonds. The van der Waals surface area contributed by atoms with Gasteiger partial charge in [-0.2, -0.15) is 0 Å². The maximum absolute atomic E-state index is 6.02. The van der Waals surface area contributed by atoms with Crippen molar-refractivity contribution in [2.24, 2.45) is 0 Å². The molecule has 0 aliphatic rings. The van der Waals surface area contributed by atoms with Crippen LogP contribution in [0.3, 0.4) is 0 Å². The van der Waals surface area contributed by atoms with Gasteiger partial charge in [-0.25, -0.2) is 0 Å². The predicted octanol–water partition coefficient (Wildman–Crippen LogP) is 3.27. The average molecular weight is 280 g/mol. The molecule has 0 atom stereocenters. The summed E-state index contributed by atoms with van der Waals surface area (Å²) >= 11 is 6.02. The number of aromatic nitrogens is 3. The van der Waals surface area contributed by atoms with Gasteiger partial charge in [0.05, 0.1) is 6.54 Å². The van der Waals surface area contributed by atoms with Crippen LogP contribution in [0, 0.1) is 6.92 Å². The monoisotopic (exact) mass is 279 g/mol. The van der Waals surface area contributed by atoms with E-state index in [9.17, 15) is 0 Å². The van der Waals surface area contributed by atoms with Gasteiger partial charge in [0.2, 0.25) is 5.28 Å². The molecule has 2 aromatic rings. The third-order valence-corrected chi connectivity index (χ3v) is 3.11. The van der Waals surface area contributed by atoms with Crippen molar-refractivity contribution in [3.8, 4) is 5.75 Å². The SMILES string of the molecule is CCCc1nnc(Cl)n1CCOc1cccc(C)c1. The first-order chi connectivity index (χ1) is 9.20. The van der Waals surface area contributed by atoms with E-state index >= 15 is 0 Å². The lowest BCUT2D eigenvalue weighted by atomic mass is 10.2. The molecule has 2 rings (SSSR count). The van der Waals surface area contributed by atoms with Crippen molar-refractivity contribution in [3.63, 3.8) is 0 Å². The van der Waals surface area contributed by atoms with E-state index in [2.05, 4.69) is 17.1 Å². The molecule has 102 valence electrons. The molecule has 0 saturated heterocycles. The van der Waals surface area contributed by atoms with E-state index in [1.54, 1.807) is 0 Å². The van der Waals surface area contributed by atoms with Gasteiger partial charge in [0.15, 0.2) is 0 Å². The second-order valence-electron chi connectivity index (χ2n) is 4.45. The van der Waals surface area contributed by atoms with Crippen molar-refractivity contribution < 1.29 is 4.74 Å². The number of nitrogens with zero attached hydrogens (tertiary/aromatic N) is 3. The third kappa shape index (κ3) is 3.70. The average Bonchev–Trinajstić information content (AvgIpc) is 2.72. The Morgan fingerprint density at radius 3 is 2.89 bits per heavy atom. The van der Waals surface area contributed by atoms with Gasteiger partial charge < -0.3 is 4.74 Å². The molecule has 0 saturated carbocycles. The topological polar surface area (TPSA) is 39.9 Å². The number of halogens is 1. The lowest BCUT2D eigenvalue weighted by Crippen LogP contribution is -2.11. The van der Waals surface area contributed by atoms with Crippen molar-refractivity contribution in [2.45, 2.75) is 33.2 Å². The number of benzene rings is 1. The Kier molecular flexibility index (Phi) is 4.80. The molecular weight excluding hydrogens is 262 g/mol. The van der Waals surface area contributed by atoms with Gasteiger partial charge in [-0.3, -0.25) is 4.57 Å². The Morgan fingerprint density at radius 1 is 1.32 bits per heavy atom. The minimum atomic E-state index is 0.427. The summed E-state index contributed by atoms with van der Waals surface area (Å²) in [6.07, 6.45) is 1.90. The summed E-state index contributed by atoms with van der Waals surface area (Å²) in [7, 11) is 0. The van der Waals surface area contributed by atoms with Gasteiger partial charge in [0.1, 0.15) is 18.2 Å². The van der Waals surface area contributed by atoms with Gasteiger partial charge >= 0.3 is 0 Å². The van der Waals surface area contributed by atoms with Crippen molar-refractivity contribution >= 4 is 11.6 Å². The summed E-state index contributed by atoms with van der Waals surface area (Å²) in [6, 6.07) is 8.00. The zero-order valence-electron chi connectivity index (χ0n) is 11.3. The van der Waals surface area contributed by atoms with Crippen LogP contribution in [-0.4, -0.2) is 21.4 Å². The smallest absolute Gasteiger partial charge is 0.225 e. The highest BCUT2D eigenvalue weighted by atomic mass is 35.5. The van der Waals surface area contributed by atoms with Crippen LogP contribution in [0.1, 0.15) is 24.7 Å². The number of hydrogen-bond acceptors (Lipinski definition) is 3. The van der Waals surface area contributed by atoms with Crippen LogP contribution in [0.2, 0.25) is 5.28 Å². The number of rotatable bonds is 6. The second-order valence-corrected chi connectivity index (χ2v) is 4.79. The van der Waals surface area contributed by atoms with Gasteiger partial charge in [-0.15, -0.1) is 10.2 Å². The number of ether oxygens (including phenoxy) is 1. The van der Waals surface area contributed by atoms with Gasteiger partial charge in [-0.05, 0) is 42.6 Å². The van der Waals surface area contributed by atoms with Crippen molar-refractivity contribution in [2.75, 3.05) is 6.61 Å². The van der Waals surface area contributed by atoms with Crippen molar-refractivity contribution in [1.29, 1.82) is 0 Å². The Balaban J connectivity index is 1.94. The van der Waals surface area contributed by atoms with Gasteiger partial charge in [0.25, 0.3) is 0 Å². The molecule has 0 aliphatic carbocycles. The van der Waals surface area contributed by atoms with E-state index in [4.69, 9.17) is 16.3 Å². The first kappa shape index (κ1) is 13.9. The minimum Gasteiger partial charge on any atom is -0.492 e. The lowest BCUT2D eigenvalue weighted by Gasteiger charge is -2.09. The molecule has 19 heavy (non-hydrogen) atoms. The highest BCUT2D eigenvalue weighted by molar-refractivity contribution is 6.28. The molecule has 0 fully saturated rings. The fourth-order valence-electron chi connectivity index (χ4n) is 1.90. The normalized spacial score (nSPS) is 10.7. The molecule has 0 unspecified atom stereocenters. The fourth-order valence-corrected chi connectivity index (χ4v) is 2.12. The lowest BCUT2D eigenvalue weighted by molar-refractivity contribution is 0.296. The highest BCUT2D eigenvalue weighted by Gasteiger charge is 2.09. The second kappa shape index (κ2) is 6.57. The number of hydrogen-bond donors (Lipinski definition) is 0. The van der Waals surface area contributed by atoms with Crippen LogP contribution in [0.5, 0.6) is 5.75 Å². The standard InChI is InChI=1S/C14H18ClN3O/c1-3-5-13-16-17-14(15)18(13)8-9-19-12-7-4-6-11(2)10-12/h4,6-7,10H,3,5,8-9H2,1-2H3. The summed E-state index contributed by atoms with van der Waals surface area (Å²) in [4.78, 5) is 0. The van der Waals surface area contributed by atoms with Crippen LogP contribution in [0.4, 0.5) is 0 Å². The van der Waals surface area contributed by atoms with E-state index < -0.39 is 0 Å². The molecule has 0 radical (unpaired) electrons. The Hall–Kier alpha value is -1.55. The van der Waals surface area contributed by atoms with E-state index in [0.717, 1.165) is 24.4 Å². The zero-order chi connectivity index (χ0) is 13.7. The molecule has 5 heteroatoms. The van der Waals surface area contributed by atoms with Crippen LogP contribution in [-0.2, 0) is 13.0 Å². The molecular formula is C14H18ClN3O. The zero-order valence-corrected chi connectivity index (χ0v) is 12.0. The molecule has 1 aromatic heterocycles. The molecule has 1 aromatic carbocycles. The van der Waals surface area contributed by atoms with Gasteiger partial charge in [-0.1, -0.05) is 19.1 Å². The summed E-state index contributed by atoms with van der Waals surface area (Å²) in [5.41, 5.74) is 1.19. The fraction of sp³-hybridized carbons (Fsp3) is 0.429. The van der Waals surface area contributed by atoms with E-state index in [-0.39, 0.29) is 0 Å². The quantitative estimate of drug-likeness (QED) is 0.815. The van der Waals surface area contributed by atoms with E-state index in [0.29, 0.717) is 18.4 Å². The van der Waals surface area contributed by atoms with E-state index in [1.807, 2.05) is 35.8 Å². The largest absolute Gasteiger partial charge is 0.492 e. The van der Waals surface area contributed by atoms with Crippen molar-refractivity contribution in [3.05, 3.63) is 40.9 Å². The highest BCUT2D eigenvalue weighted by Crippen LogP contribution is 2.14. The predicted molar refractivity (Wildman–Crippen MR) is 75.7 cm³/mol. The molecule has 0 bridgehead atoms. The maximum Gasteiger partial charge on any atom is 0.225 e. The summed E-state index contributed by atoms with van der Waals surface area (Å²) < 4.78 is 7.62. The van der Waals surface area contributed by atoms with Crippen LogP contribution >= 0.6 is 11.6 Å². The summed E-state index contributed by atoms with van der Waals surface area (Å²) in [6.45, 7) is 5.37. The third-order valence-electron chi connectivity index (χ3n) is 2.83. The van der Waals surface area contributed by atoms with Crippen LogP contribution < -0.4 is 4.74 Å². The molecule has 0 aliphatic heterocycles. The molecule has 0 N–H and O–H groups in total. The van der Waals surface area contributed by atoms with Crippen LogP contribution in [0.25, 0.3) is 0 Å². The Bertz CT molecular complexity index is 539. The molecule has 1 heterocycles. The van der Waals surface area contributed by atoms with Crippen LogP contribution in [0.15, 0.2) is 24.3 Å². The Morgan fingerprint density at radius 2 is 2.16 bits per heavy atom. The minimum absolute atomic E-state index is 0.427. The van der Waals surface area contributed by atoms with Crippen molar-refractivity contribution in [1.82, 2.24) is 14.8 Å². The maximum atomic E-state index is 6.02. The summed E-state index contributed by atoms with van der Waals surface area (Å²) in [5.74, 6) is 1.79. The van der Waals surface area contributed by atoms with Gasteiger partial charge in [0, 0.05) is 6.42 Å². The van der Waals surface area contributed by atoms with E-state index in [1.165, 1.54) is 5.56 Å². The Labute approximate surface area is 118 Å². The first-order valence-electron chi connectivity index (χ1n) is 6.47. The number of aryl methyl sites for hydroxylation is 2. The first-order valence-corrected chi connectivity index (χ1v) is 6.85. The molecule has 4 nitrogen and oxygen atoms in total. The molecule has 0 spiro atoms.